The number of aliphatic hydroxyl groups is 1. The molecule has 3 rings (SSSR count). The van der Waals surface area contributed by atoms with E-state index in [4.69, 9.17) is 5.26 Å². The van der Waals surface area contributed by atoms with Crippen molar-refractivity contribution >= 4 is 0 Å². The minimum atomic E-state index is -0.472. The van der Waals surface area contributed by atoms with Gasteiger partial charge in [0.05, 0.1) is 17.7 Å². The molecule has 2 heterocycles. The standard InChI is InChI=1S/C21H31N3O/c1-17-5-2-3-12-24(17)15-19-6-4-11-23(14-19)16-21(25)20-9-7-18(13-22)8-10-20/h7-10,17,19,21,25H,2-6,11-12,14-16H2,1H3. The van der Waals surface area contributed by atoms with E-state index >= 15 is 0 Å². The zero-order valence-corrected chi connectivity index (χ0v) is 15.4. The Labute approximate surface area is 152 Å². The van der Waals surface area contributed by atoms with Crippen LogP contribution < -0.4 is 0 Å². The van der Waals surface area contributed by atoms with Crippen molar-refractivity contribution in [3.8, 4) is 6.07 Å². The number of hydrogen-bond acceptors (Lipinski definition) is 4. The Morgan fingerprint density at radius 1 is 1.16 bits per heavy atom. The Morgan fingerprint density at radius 2 is 1.96 bits per heavy atom. The maximum atomic E-state index is 10.6. The first-order valence-corrected chi connectivity index (χ1v) is 9.80. The third-order valence-corrected chi connectivity index (χ3v) is 5.89. The molecule has 0 aromatic heterocycles. The molecule has 4 nitrogen and oxygen atoms in total. The third-order valence-electron chi connectivity index (χ3n) is 5.89. The van der Waals surface area contributed by atoms with Crippen LogP contribution >= 0.6 is 0 Å². The molecule has 3 atom stereocenters. The van der Waals surface area contributed by atoms with Crippen LogP contribution in [-0.4, -0.2) is 53.7 Å². The molecule has 0 radical (unpaired) electrons. The number of rotatable bonds is 5. The normalized spacial score (nSPS) is 26.9. The third kappa shape index (κ3) is 5.04. The van der Waals surface area contributed by atoms with Crippen LogP contribution in [0.4, 0.5) is 0 Å². The molecule has 136 valence electrons. The van der Waals surface area contributed by atoms with Crippen molar-refractivity contribution in [3.63, 3.8) is 0 Å². The Kier molecular flexibility index (Phi) is 6.47. The molecule has 3 unspecified atom stereocenters. The number of β-amino-alcohol motifs (C(OH)–C–C–N with tert-alkyl or cyclic N) is 1. The lowest BCUT2D eigenvalue weighted by molar-refractivity contribution is 0.0613. The van der Waals surface area contributed by atoms with Gasteiger partial charge in [-0.2, -0.15) is 5.26 Å². The molecule has 25 heavy (non-hydrogen) atoms. The summed E-state index contributed by atoms with van der Waals surface area (Å²) in [7, 11) is 0. The summed E-state index contributed by atoms with van der Waals surface area (Å²) in [6.07, 6.45) is 6.14. The molecular formula is C21H31N3O. The lowest BCUT2D eigenvalue weighted by Gasteiger charge is -2.40. The summed E-state index contributed by atoms with van der Waals surface area (Å²) in [5, 5.41) is 19.4. The summed E-state index contributed by atoms with van der Waals surface area (Å²) in [5.41, 5.74) is 1.55. The van der Waals surface area contributed by atoms with Crippen molar-refractivity contribution < 1.29 is 5.11 Å². The van der Waals surface area contributed by atoms with Gasteiger partial charge in [-0.3, -0.25) is 0 Å². The lowest BCUT2D eigenvalue weighted by Crippen LogP contribution is -2.46. The van der Waals surface area contributed by atoms with Crippen LogP contribution in [0.5, 0.6) is 0 Å². The second-order valence-electron chi connectivity index (χ2n) is 7.86. The average Bonchev–Trinajstić information content (AvgIpc) is 2.64. The predicted octanol–water partition coefficient (Wildman–Crippen LogP) is 3.18. The number of nitriles is 1. The molecule has 0 bridgehead atoms. The van der Waals surface area contributed by atoms with Gasteiger partial charge in [-0.05, 0) is 69.3 Å². The van der Waals surface area contributed by atoms with E-state index in [-0.39, 0.29) is 0 Å². The maximum Gasteiger partial charge on any atom is 0.0991 e. The van der Waals surface area contributed by atoms with Gasteiger partial charge in [-0.25, -0.2) is 0 Å². The fraction of sp³-hybridized carbons (Fsp3) is 0.667. The van der Waals surface area contributed by atoms with Crippen molar-refractivity contribution in [3.05, 3.63) is 35.4 Å². The highest BCUT2D eigenvalue weighted by Gasteiger charge is 2.26. The van der Waals surface area contributed by atoms with E-state index in [2.05, 4.69) is 22.8 Å². The number of likely N-dealkylation sites (tertiary alicyclic amines) is 2. The van der Waals surface area contributed by atoms with Gasteiger partial charge in [0.2, 0.25) is 0 Å². The molecule has 0 aliphatic carbocycles. The Morgan fingerprint density at radius 3 is 2.68 bits per heavy atom. The highest BCUT2D eigenvalue weighted by molar-refractivity contribution is 5.32. The van der Waals surface area contributed by atoms with Crippen LogP contribution in [0.1, 0.15) is 56.3 Å². The number of nitrogens with zero attached hydrogens (tertiary/aromatic N) is 3. The quantitative estimate of drug-likeness (QED) is 0.894. The molecule has 0 spiro atoms. The van der Waals surface area contributed by atoms with Crippen LogP contribution in [0, 0.1) is 17.2 Å². The fourth-order valence-electron chi connectivity index (χ4n) is 4.36. The lowest BCUT2D eigenvalue weighted by atomic mass is 9.94. The van der Waals surface area contributed by atoms with Gasteiger partial charge in [0.25, 0.3) is 0 Å². The van der Waals surface area contributed by atoms with Crippen molar-refractivity contribution in [2.24, 2.45) is 5.92 Å². The summed E-state index contributed by atoms with van der Waals surface area (Å²) in [6.45, 7) is 7.71. The van der Waals surface area contributed by atoms with Crippen LogP contribution in [0.25, 0.3) is 0 Å². The van der Waals surface area contributed by atoms with Gasteiger partial charge < -0.3 is 14.9 Å². The van der Waals surface area contributed by atoms with Crippen molar-refractivity contribution in [1.29, 1.82) is 5.26 Å². The summed E-state index contributed by atoms with van der Waals surface area (Å²) in [6, 6.07) is 10.2. The predicted molar refractivity (Wildman–Crippen MR) is 100 cm³/mol. The van der Waals surface area contributed by atoms with Gasteiger partial charge in [0.1, 0.15) is 0 Å². The topological polar surface area (TPSA) is 50.5 Å². The fourth-order valence-corrected chi connectivity index (χ4v) is 4.36. The first kappa shape index (κ1) is 18.4. The molecular weight excluding hydrogens is 310 g/mol. The number of benzene rings is 1. The minimum absolute atomic E-state index is 0.472. The number of aliphatic hydroxyl groups excluding tert-OH is 1. The van der Waals surface area contributed by atoms with Gasteiger partial charge >= 0.3 is 0 Å². The van der Waals surface area contributed by atoms with Gasteiger partial charge in [-0.15, -0.1) is 0 Å². The minimum Gasteiger partial charge on any atom is -0.387 e. The Balaban J connectivity index is 1.51. The SMILES string of the molecule is CC1CCCCN1CC1CCCN(CC(O)c2ccc(C#N)cc2)C1. The zero-order chi connectivity index (χ0) is 17.6. The van der Waals surface area contributed by atoms with E-state index in [0.717, 1.165) is 30.6 Å². The van der Waals surface area contributed by atoms with Crippen LogP contribution in [0.15, 0.2) is 24.3 Å². The second kappa shape index (κ2) is 8.80. The molecule has 0 saturated carbocycles. The largest absolute Gasteiger partial charge is 0.387 e. The molecule has 1 aromatic carbocycles. The summed E-state index contributed by atoms with van der Waals surface area (Å²) in [5.74, 6) is 0.725. The van der Waals surface area contributed by atoms with E-state index in [9.17, 15) is 5.11 Å². The van der Waals surface area contributed by atoms with Gasteiger partial charge in [0.15, 0.2) is 0 Å². The highest BCUT2D eigenvalue weighted by Crippen LogP contribution is 2.24. The monoisotopic (exact) mass is 341 g/mol. The molecule has 4 heteroatoms. The first-order valence-electron chi connectivity index (χ1n) is 9.80. The van der Waals surface area contributed by atoms with Crippen LogP contribution in [0.3, 0.4) is 0 Å². The summed E-state index contributed by atoms with van der Waals surface area (Å²) >= 11 is 0. The highest BCUT2D eigenvalue weighted by atomic mass is 16.3. The van der Waals surface area contributed by atoms with E-state index in [1.807, 2.05) is 12.1 Å². The summed E-state index contributed by atoms with van der Waals surface area (Å²) in [4.78, 5) is 5.10. The maximum absolute atomic E-state index is 10.6. The van der Waals surface area contributed by atoms with Crippen molar-refractivity contribution in [2.75, 3.05) is 32.7 Å². The van der Waals surface area contributed by atoms with Crippen molar-refractivity contribution in [2.45, 2.75) is 51.2 Å². The summed E-state index contributed by atoms with van der Waals surface area (Å²) < 4.78 is 0. The van der Waals surface area contributed by atoms with E-state index in [1.165, 1.54) is 45.2 Å². The smallest absolute Gasteiger partial charge is 0.0991 e. The first-order chi connectivity index (χ1) is 12.2. The number of piperidine rings is 2. The molecule has 2 aliphatic rings. The Bertz CT molecular complexity index is 580. The zero-order valence-electron chi connectivity index (χ0n) is 15.4. The Hall–Kier alpha value is -1.41. The van der Waals surface area contributed by atoms with Gasteiger partial charge in [0, 0.05) is 25.7 Å². The van der Waals surface area contributed by atoms with E-state index in [1.54, 1.807) is 12.1 Å². The average molecular weight is 341 g/mol. The molecule has 2 aliphatic heterocycles. The molecule has 0 amide bonds. The van der Waals surface area contributed by atoms with E-state index in [0.29, 0.717) is 12.1 Å². The van der Waals surface area contributed by atoms with Crippen LogP contribution in [-0.2, 0) is 0 Å². The number of hydrogen-bond donors (Lipinski definition) is 1. The van der Waals surface area contributed by atoms with Crippen molar-refractivity contribution in [1.82, 2.24) is 9.80 Å². The second-order valence-corrected chi connectivity index (χ2v) is 7.86. The molecule has 2 saturated heterocycles. The molecule has 2 fully saturated rings. The van der Waals surface area contributed by atoms with E-state index < -0.39 is 6.10 Å². The molecule has 1 N–H and O–H groups in total. The van der Waals surface area contributed by atoms with Crippen LogP contribution in [0.2, 0.25) is 0 Å². The molecule has 1 aromatic rings. The van der Waals surface area contributed by atoms with Gasteiger partial charge in [-0.1, -0.05) is 18.6 Å².